The number of amides is 1. The van der Waals surface area contributed by atoms with E-state index in [1.165, 1.54) is 4.88 Å². The van der Waals surface area contributed by atoms with Gasteiger partial charge >= 0.3 is 0 Å². The van der Waals surface area contributed by atoms with E-state index in [1.807, 2.05) is 31.4 Å². The van der Waals surface area contributed by atoms with E-state index in [0.717, 1.165) is 12.0 Å². The van der Waals surface area contributed by atoms with E-state index >= 15 is 0 Å². The van der Waals surface area contributed by atoms with Crippen molar-refractivity contribution in [2.24, 2.45) is 0 Å². The number of thiophene rings is 1. The maximum Gasteiger partial charge on any atom is 0.251 e. The van der Waals surface area contributed by atoms with E-state index in [0.29, 0.717) is 11.3 Å². The van der Waals surface area contributed by atoms with Gasteiger partial charge in [0.05, 0.1) is 0 Å². The molecule has 2 rings (SSSR count). The predicted molar refractivity (Wildman–Crippen MR) is 80.5 cm³/mol. The average Bonchev–Trinajstić information content (AvgIpc) is 2.85. The second kappa shape index (κ2) is 5.89. The fourth-order valence-corrected chi connectivity index (χ4v) is 2.74. The highest BCUT2D eigenvalue weighted by molar-refractivity contribution is 7.09. The van der Waals surface area contributed by atoms with Crippen molar-refractivity contribution in [1.82, 2.24) is 5.32 Å². The van der Waals surface area contributed by atoms with Crippen LogP contribution in [-0.2, 0) is 6.42 Å². The summed E-state index contributed by atoms with van der Waals surface area (Å²) in [4.78, 5) is 13.4. The quantitative estimate of drug-likeness (QED) is 0.842. The zero-order valence-electron chi connectivity index (χ0n) is 11.1. The van der Waals surface area contributed by atoms with Gasteiger partial charge in [0.25, 0.3) is 5.91 Å². The lowest BCUT2D eigenvalue weighted by molar-refractivity contribution is 0.0940. The standard InChI is InChI=1S/C15H18N2OS/c1-10-8-12(5-6-14(10)16)15(18)17-11(2)9-13-4-3-7-19-13/h3-8,11H,9,16H2,1-2H3,(H,17,18). The van der Waals surface area contributed by atoms with Crippen molar-refractivity contribution in [3.05, 3.63) is 51.7 Å². The summed E-state index contributed by atoms with van der Waals surface area (Å²) in [6.07, 6.45) is 0.858. The van der Waals surface area contributed by atoms with Crippen molar-refractivity contribution < 1.29 is 4.79 Å². The summed E-state index contributed by atoms with van der Waals surface area (Å²) in [5, 5.41) is 5.06. The Morgan fingerprint density at radius 1 is 1.42 bits per heavy atom. The molecule has 1 aromatic carbocycles. The number of hydrogen-bond acceptors (Lipinski definition) is 3. The first-order chi connectivity index (χ1) is 9.06. The van der Waals surface area contributed by atoms with Crippen molar-refractivity contribution in [3.8, 4) is 0 Å². The van der Waals surface area contributed by atoms with Crippen LogP contribution in [0.25, 0.3) is 0 Å². The summed E-state index contributed by atoms with van der Waals surface area (Å²) < 4.78 is 0. The second-order valence-electron chi connectivity index (χ2n) is 4.73. The van der Waals surface area contributed by atoms with Crippen molar-refractivity contribution >= 4 is 22.9 Å². The summed E-state index contributed by atoms with van der Waals surface area (Å²) in [7, 11) is 0. The molecule has 3 N–H and O–H groups in total. The number of nitrogens with one attached hydrogen (secondary N) is 1. The second-order valence-corrected chi connectivity index (χ2v) is 5.76. The van der Waals surface area contributed by atoms with E-state index in [-0.39, 0.29) is 11.9 Å². The fraction of sp³-hybridized carbons (Fsp3) is 0.267. The Balaban J connectivity index is 1.98. The molecule has 0 spiro atoms. The van der Waals surface area contributed by atoms with Gasteiger partial charge in [0.2, 0.25) is 0 Å². The fourth-order valence-electron chi connectivity index (χ4n) is 1.91. The lowest BCUT2D eigenvalue weighted by Gasteiger charge is -2.13. The van der Waals surface area contributed by atoms with Gasteiger partial charge in [-0.2, -0.15) is 0 Å². The molecule has 4 heteroatoms. The zero-order chi connectivity index (χ0) is 13.8. The summed E-state index contributed by atoms with van der Waals surface area (Å²) >= 11 is 1.71. The van der Waals surface area contributed by atoms with Gasteiger partial charge in [-0.3, -0.25) is 4.79 Å². The lowest BCUT2D eigenvalue weighted by Crippen LogP contribution is -2.33. The summed E-state index contributed by atoms with van der Waals surface area (Å²) in [6.45, 7) is 3.92. The van der Waals surface area contributed by atoms with Crippen molar-refractivity contribution in [2.75, 3.05) is 5.73 Å². The number of anilines is 1. The molecule has 1 amide bonds. The van der Waals surface area contributed by atoms with Crippen LogP contribution >= 0.6 is 11.3 Å². The van der Waals surface area contributed by atoms with E-state index in [1.54, 1.807) is 23.5 Å². The summed E-state index contributed by atoms with van der Waals surface area (Å²) in [5.41, 5.74) is 8.05. The number of carbonyl (C=O) groups excluding carboxylic acids is 1. The Bertz CT molecular complexity index is 564. The minimum absolute atomic E-state index is 0.0489. The first-order valence-electron chi connectivity index (χ1n) is 6.25. The molecule has 0 saturated heterocycles. The summed E-state index contributed by atoms with van der Waals surface area (Å²) in [6, 6.07) is 9.58. The molecule has 0 aliphatic rings. The third-order valence-corrected chi connectivity index (χ3v) is 3.90. The Morgan fingerprint density at radius 2 is 2.21 bits per heavy atom. The molecule has 100 valence electrons. The maximum absolute atomic E-state index is 12.1. The van der Waals surface area contributed by atoms with Gasteiger partial charge in [0.15, 0.2) is 0 Å². The van der Waals surface area contributed by atoms with Crippen molar-refractivity contribution in [3.63, 3.8) is 0 Å². The van der Waals surface area contributed by atoms with E-state index in [2.05, 4.69) is 11.4 Å². The average molecular weight is 274 g/mol. The topological polar surface area (TPSA) is 55.1 Å². The number of aryl methyl sites for hydroxylation is 1. The lowest BCUT2D eigenvalue weighted by atomic mass is 10.1. The monoisotopic (exact) mass is 274 g/mol. The third kappa shape index (κ3) is 3.58. The molecular weight excluding hydrogens is 256 g/mol. The molecule has 1 aromatic heterocycles. The highest BCUT2D eigenvalue weighted by Gasteiger charge is 2.11. The molecule has 19 heavy (non-hydrogen) atoms. The predicted octanol–water partition coefficient (Wildman–Crippen LogP) is 3.00. The minimum atomic E-state index is -0.0489. The van der Waals surface area contributed by atoms with Crippen LogP contribution in [0.1, 0.15) is 27.7 Å². The van der Waals surface area contributed by atoms with E-state index in [4.69, 9.17) is 5.73 Å². The molecular formula is C15H18N2OS. The SMILES string of the molecule is Cc1cc(C(=O)NC(C)Cc2cccs2)ccc1N. The van der Waals surface area contributed by atoms with Gasteiger partial charge in [0.1, 0.15) is 0 Å². The first-order valence-corrected chi connectivity index (χ1v) is 7.13. The number of rotatable bonds is 4. The van der Waals surface area contributed by atoms with Gasteiger partial charge in [-0.1, -0.05) is 6.07 Å². The molecule has 0 radical (unpaired) electrons. The largest absolute Gasteiger partial charge is 0.399 e. The number of nitrogen functional groups attached to an aromatic ring is 1. The molecule has 2 aromatic rings. The number of benzene rings is 1. The molecule has 0 saturated carbocycles. The van der Waals surface area contributed by atoms with Crippen LogP contribution in [0.15, 0.2) is 35.7 Å². The summed E-state index contributed by atoms with van der Waals surface area (Å²) in [5.74, 6) is -0.0489. The van der Waals surface area contributed by atoms with Crippen molar-refractivity contribution in [1.29, 1.82) is 0 Å². The van der Waals surface area contributed by atoms with Gasteiger partial charge in [-0.15, -0.1) is 11.3 Å². The molecule has 3 nitrogen and oxygen atoms in total. The van der Waals surface area contributed by atoms with Crippen molar-refractivity contribution in [2.45, 2.75) is 26.3 Å². The molecule has 1 atom stereocenters. The third-order valence-electron chi connectivity index (χ3n) is 3.00. The molecule has 1 unspecified atom stereocenters. The maximum atomic E-state index is 12.1. The Kier molecular flexibility index (Phi) is 4.22. The Hall–Kier alpha value is -1.81. The van der Waals surface area contributed by atoms with Gasteiger partial charge in [0, 0.05) is 28.6 Å². The van der Waals surface area contributed by atoms with Crippen LogP contribution in [0.5, 0.6) is 0 Å². The number of nitrogens with two attached hydrogens (primary N) is 1. The number of carbonyl (C=O) groups is 1. The van der Waals surface area contributed by atoms with Crippen LogP contribution in [0, 0.1) is 6.92 Å². The Morgan fingerprint density at radius 3 is 2.84 bits per heavy atom. The normalized spacial score (nSPS) is 12.1. The molecule has 0 fully saturated rings. The van der Waals surface area contributed by atoms with Gasteiger partial charge < -0.3 is 11.1 Å². The zero-order valence-corrected chi connectivity index (χ0v) is 12.0. The van der Waals surface area contributed by atoms with Crippen LogP contribution in [0.3, 0.4) is 0 Å². The molecule has 0 aliphatic carbocycles. The highest BCUT2D eigenvalue weighted by Crippen LogP contribution is 2.14. The number of hydrogen-bond donors (Lipinski definition) is 2. The van der Waals surface area contributed by atoms with Gasteiger partial charge in [-0.05, 0) is 49.1 Å². The van der Waals surface area contributed by atoms with Crippen LogP contribution in [-0.4, -0.2) is 11.9 Å². The molecule has 0 bridgehead atoms. The first kappa shape index (κ1) is 13.6. The Labute approximate surface area is 117 Å². The van der Waals surface area contributed by atoms with Crippen LogP contribution < -0.4 is 11.1 Å². The van der Waals surface area contributed by atoms with E-state index < -0.39 is 0 Å². The highest BCUT2D eigenvalue weighted by atomic mass is 32.1. The molecule has 1 heterocycles. The van der Waals surface area contributed by atoms with Crippen LogP contribution in [0.2, 0.25) is 0 Å². The van der Waals surface area contributed by atoms with E-state index in [9.17, 15) is 4.79 Å². The van der Waals surface area contributed by atoms with Crippen LogP contribution in [0.4, 0.5) is 5.69 Å². The smallest absolute Gasteiger partial charge is 0.251 e. The van der Waals surface area contributed by atoms with Gasteiger partial charge in [-0.25, -0.2) is 0 Å². The molecule has 0 aliphatic heterocycles. The minimum Gasteiger partial charge on any atom is -0.399 e.